The fourth-order valence-corrected chi connectivity index (χ4v) is 3.88. The molecule has 118 valence electrons. The number of carbonyl (C=O) groups is 2. The number of fused-ring (bicyclic) bond motifs is 3. The molecule has 0 spiro atoms. The summed E-state index contributed by atoms with van der Waals surface area (Å²) in [4.78, 5) is 23.9. The third kappa shape index (κ3) is 2.19. The first kappa shape index (κ1) is 15.5. The number of carboxylic acid groups (broad SMARTS) is 1. The van der Waals surface area contributed by atoms with Crippen molar-refractivity contribution in [2.75, 3.05) is 0 Å². The van der Waals surface area contributed by atoms with Crippen LogP contribution in [0.25, 0.3) is 11.1 Å². The maximum Gasteiger partial charge on any atom is 0.373 e. The van der Waals surface area contributed by atoms with Gasteiger partial charge in [0.15, 0.2) is 0 Å². The number of carboxylic acids is 1. The van der Waals surface area contributed by atoms with E-state index in [2.05, 4.69) is 18.2 Å². The Hall–Kier alpha value is -2.42. The molecule has 0 fully saturated rings. The second kappa shape index (κ2) is 5.65. The Morgan fingerprint density at radius 3 is 2.30 bits per heavy atom. The molecular formula is C20H20O3. The number of ketones is 1. The van der Waals surface area contributed by atoms with E-state index in [0.29, 0.717) is 12.8 Å². The monoisotopic (exact) mass is 308 g/mol. The van der Waals surface area contributed by atoms with E-state index >= 15 is 0 Å². The van der Waals surface area contributed by atoms with Crippen molar-refractivity contribution in [3.63, 3.8) is 0 Å². The summed E-state index contributed by atoms with van der Waals surface area (Å²) in [6, 6.07) is 14.1. The van der Waals surface area contributed by atoms with Gasteiger partial charge in [-0.15, -0.1) is 0 Å². The lowest BCUT2D eigenvalue weighted by Crippen LogP contribution is -2.40. The first-order chi connectivity index (χ1) is 11.0. The molecule has 0 radical (unpaired) electrons. The number of Topliss-reactive ketones (excluding diaryl/α,β-unsaturated/α-hetero) is 1. The number of benzene rings is 2. The average Bonchev–Trinajstić information content (AvgIpc) is 2.95. The molecule has 0 aromatic heterocycles. The molecular weight excluding hydrogens is 288 g/mol. The predicted octanol–water partition coefficient (Wildman–Crippen LogP) is 3.97. The lowest BCUT2D eigenvalue weighted by atomic mass is 9.70. The molecule has 3 heteroatoms. The van der Waals surface area contributed by atoms with Gasteiger partial charge in [0.05, 0.1) is 5.41 Å². The molecule has 0 unspecified atom stereocenters. The van der Waals surface area contributed by atoms with Gasteiger partial charge in [0.2, 0.25) is 5.78 Å². The van der Waals surface area contributed by atoms with Crippen LogP contribution in [0.2, 0.25) is 0 Å². The van der Waals surface area contributed by atoms with Crippen LogP contribution in [-0.2, 0) is 21.4 Å². The molecule has 3 nitrogen and oxygen atoms in total. The largest absolute Gasteiger partial charge is 0.475 e. The molecule has 0 amide bonds. The third-order valence-electron chi connectivity index (χ3n) is 5.20. The summed E-state index contributed by atoms with van der Waals surface area (Å²) in [7, 11) is 0. The van der Waals surface area contributed by atoms with E-state index in [9.17, 15) is 14.7 Å². The molecule has 1 aliphatic carbocycles. The number of rotatable bonds is 5. The molecule has 1 N–H and O–H groups in total. The highest BCUT2D eigenvalue weighted by atomic mass is 16.4. The molecule has 0 atom stereocenters. The van der Waals surface area contributed by atoms with Crippen molar-refractivity contribution in [1.82, 2.24) is 0 Å². The second-order valence-corrected chi connectivity index (χ2v) is 6.09. The quantitative estimate of drug-likeness (QED) is 0.726. The minimum atomic E-state index is -1.35. The average molecular weight is 308 g/mol. The number of hydrogen-bond acceptors (Lipinski definition) is 2. The molecule has 0 aliphatic heterocycles. The number of hydrogen-bond donors (Lipinski definition) is 1. The predicted molar refractivity (Wildman–Crippen MR) is 89.6 cm³/mol. The van der Waals surface area contributed by atoms with Gasteiger partial charge < -0.3 is 5.11 Å². The van der Waals surface area contributed by atoms with Crippen molar-refractivity contribution in [2.45, 2.75) is 38.5 Å². The molecule has 23 heavy (non-hydrogen) atoms. The van der Waals surface area contributed by atoms with Gasteiger partial charge in [-0.05, 0) is 47.1 Å². The summed E-state index contributed by atoms with van der Waals surface area (Å²) < 4.78 is 0. The molecule has 0 bridgehead atoms. The van der Waals surface area contributed by atoms with Crippen LogP contribution in [0.4, 0.5) is 0 Å². The Balaban J connectivity index is 2.22. The first-order valence-corrected chi connectivity index (χ1v) is 8.03. The van der Waals surface area contributed by atoms with Gasteiger partial charge in [-0.25, -0.2) is 4.79 Å². The first-order valence-electron chi connectivity index (χ1n) is 8.03. The van der Waals surface area contributed by atoms with Crippen LogP contribution in [0.1, 0.15) is 43.4 Å². The number of carbonyl (C=O) groups excluding carboxylic acids is 1. The summed E-state index contributed by atoms with van der Waals surface area (Å²) in [6.07, 6.45) is 1.74. The van der Waals surface area contributed by atoms with Gasteiger partial charge in [0, 0.05) is 0 Å². The van der Waals surface area contributed by atoms with Gasteiger partial charge in [-0.1, -0.05) is 56.3 Å². The van der Waals surface area contributed by atoms with Crippen molar-refractivity contribution in [3.8, 4) is 11.1 Å². The summed E-state index contributed by atoms with van der Waals surface area (Å²) in [5.41, 5.74) is 4.59. The SMILES string of the molecule is CCC(CC)(C(=O)C(=O)O)c1cccc2c1Cc1ccccc1-2. The lowest BCUT2D eigenvalue weighted by molar-refractivity contribution is -0.152. The maximum atomic E-state index is 12.5. The van der Waals surface area contributed by atoms with Crippen LogP contribution in [0.5, 0.6) is 0 Å². The molecule has 2 aromatic carbocycles. The summed E-state index contributed by atoms with van der Waals surface area (Å²) in [5.74, 6) is -2.05. The maximum absolute atomic E-state index is 12.5. The van der Waals surface area contributed by atoms with Crippen LogP contribution in [-0.4, -0.2) is 16.9 Å². The van der Waals surface area contributed by atoms with Crippen LogP contribution >= 0.6 is 0 Å². The Labute approximate surface area is 136 Å². The molecule has 0 heterocycles. The molecule has 3 rings (SSSR count). The van der Waals surface area contributed by atoms with Gasteiger partial charge in [-0.2, -0.15) is 0 Å². The van der Waals surface area contributed by atoms with Crippen molar-refractivity contribution >= 4 is 11.8 Å². The highest BCUT2D eigenvalue weighted by molar-refractivity contribution is 6.36. The molecule has 1 aliphatic rings. The second-order valence-electron chi connectivity index (χ2n) is 6.09. The Morgan fingerprint density at radius 1 is 1.00 bits per heavy atom. The van der Waals surface area contributed by atoms with E-state index in [1.807, 2.05) is 38.1 Å². The van der Waals surface area contributed by atoms with E-state index < -0.39 is 17.2 Å². The van der Waals surface area contributed by atoms with Gasteiger partial charge >= 0.3 is 5.97 Å². The van der Waals surface area contributed by atoms with Crippen molar-refractivity contribution < 1.29 is 14.7 Å². The van der Waals surface area contributed by atoms with Crippen molar-refractivity contribution in [1.29, 1.82) is 0 Å². The zero-order valence-corrected chi connectivity index (χ0v) is 13.4. The van der Waals surface area contributed by atoms with Gasteiger partial charge in [0.1, 0.15) is 0 Å². The molecule has 0 saturated carbocycles. The minimum Gasteiger partial charge on any atom is -0.475 e. The van der Waals surface area contributed by atoms with E-state index in [4.69, 9.17) is 0 Å². The highest BCUT2D eigenvalue weighted by Gasteiger charge is 2.43. The van der Waals surface area contributed by atoms with Gasteiger partial charge in [-0.3, -0.25) is 4.79 Å². The zero-order chi connectivity index (χ0) is 16.6. The molecule has 2 aromatic rings. The smallest absolute Gasteiger partial charge is 0.373 e. The van der Waals surface area contributed by atoms with E-state index in [-0.39, 0.29) is 0 Å². The highest BCUT2D eigenvalue weighted by Crippen LogP contribution is 2.44. The van der Waals surface area contributed by atoms with E-state index in [1.54, 1.807) is 0 Å². The lowest BCUT2D eigenvalue weighted by Gasteiger charge is -2.31. The van der Waals surface area contributed by atoms with Crippen molar-refractivity contribution in [2.24, 2.45) is 0 Å². The normalized spacial score (nSPS) is 12.6. The Morgan fingerprint density at radius 2 is 1.65 bits per heavy atom. The minimum absolute atomic E-state index is 0.488. The Bertz CT molecular complexity index is 785. The third-order valence-corrected chi connectivity index (χ3v) is 5.20. The van der Waals surface area contributed by atoms with Gasteiger partial charge in [0.25, 0.3) is 0 Å². The standard InChI is InChI=1S/C20H20O3/c1-3-20(4-2,18(21)19(22)23)17-11-7-10-15-14-9-6-5-8-13(14)12-16(15)17/h5-11H,3-4,12H2,1-2H3,(H,22,23). The van der Waals surface area contributed by atoms with Crippen LogP contribution in [0.15, 0.2) is 42.5 Å². The van der Waals surface area contributed by atoms with E-state index in [0.717, 1.165) is 23.1 Å². The Kier molecular flexibility index (Phi) is 3.80. The summed E-state index contributed by atoms with van der Waals surface area (Å²) >= 11 is 0. The van der Waals surface area contributed by atoms with Crippen LogP contribution in [0, 0.1) is 0 Å². The van der Waals surface area contributed by atoms with Crippen molar-refractivity contribution in [3.05, 3.63) is 59.2 Å². The topological polar surface area (TPSA) is 54.4 Å². The number of aliphatic carboxylic acids is 1. The summed E-state index contributed by atoms with van der Waals surface area (Å²) in [5, 5.41) is 9.31. The fraction of sp³-hybridized carbons (Fsp3) is 0.300. The fourth-order valence-electron chi connectivity index (χ4n) is 3.88. The summed E-state index contributed by atoms with van der Waals surface area (Å²) in [6.45, 7) is 3.79. The van der Waals surface area contributed by atoms with E-state index in [1.165, 1.54) is 11.1 Å². The van der Waals surface area contributed by atoms with Crippen LogP contribution in [0.3, 0.4) is 0 Å². The zero-order valence-electron chi connectivity index (χ0n) is 13.4. The molecule has 0 saturated heterocycles. The van der Waals surface area contributed by atoms with Crippen LogP contribution < -0.4 is 0 Å².